The fraction of sp³-hybridized carbons (Fsp3) is 0. The van der Waals surface area contributed by atoms with Gasteiger partial charge in [0.05, 0.1) is 0 Å². The maximum absolute atomic E-state index is 4.36. The van der Waals surface area contributed by atoms with E-state index in [0.717, 1.165) is 15.6 Å². The molecule has 6 heteroatoms. The minimum absolute atomic E-state index is 0.553. The van der Waals surface area contributed by atoms with Gasteiger partial charge in [-0.15, -0.1) is 32.9 Å². The molecule has 0 aliphatic heterocycles. The number of hydrogen-bond acceptors (Lipinski definition) is 5. The van der Waals surface area contributed by atoms with E-state index in [4.69, 9.17) is 0 Å². The average Bonchev–Trinajstić information content (AvgIpc) is 3.21. The van der Waals surface area contributed by atoms with Crippen LogP contribution in [0.3, 0.4) is 0 Å². The van der Waals surface area contributed by atoms with Crippen LogP contribution >= 0.6 is 22.7 Å². The second kappa shape index (κ2) is 6.92. The molecule has 0 bridgehead atoms. The highest BCUT2D eigenvalue weighted by molar-refractivity contribution is 7.14. The Morgan fingerprint density at radius 2 is 1.67 bits per heavy atom. The first-order valence-corrected chi connectivity index (χ1v) is 8.05. The molecule has 21 heavy (non-hydrogen) atoms. The van der Waals surface area contributed by atoms with E-state index in [1.165, 1.54) is 0 Å². The number of thiophene rings is 2. The van der Waals surface area contributed by atoms with Crippen LogP contribution < -0.4 is 5.43 Å². The molecule has 4 nitrogen and oxygen atoms in total. The number of hydrazone groups is 1. The van der Waals surface area contributed by atoms with E-state index in [9.17, 15) is 0 Å². The molecule has 1 aromatic carbocycles. The third-order valence-corrected chi connectivity index (χ3v) is 4.10. The summed E-state index contributed by atoms with van der Waals surface area (Å²) < 4.78 is 0. The molecule has 0 radical (unpaired) electrons. The normalized spacial score (nSPS) is 11.9. The molecule has 3 aromatic rings. The van der Waals surface area contributed by atoms with Gasteiger partial charge in [-0.25, -0.2) is 0 Å². The molecule has 2 heterocycles. The number of rotatable bonds is 4. The molecule has 0 aliphatic rings. The van der Waals surface area contributed by atoms with Crippen molar-refractivity contribution in [2.45, 2.75) is 0 Å². The van der Waals surface area contributed by atoms with Crippen molar-refractivity contribution >= 4 is 38.5 Å². The molecule has 0 fully saturated rings. The fourth-order valence-electron chi connectivity index (χ4n) is 1.61. The summed E-state index contributed by atoms with van der Waals surface area (Å²) in [6.07, 6.45) is 0. The fourth-order valence-corrected chi connectivity index (χ4v) is 2.71. The van der Waals surface area contributed by atoms with Crippen molar-refractivity contribution in [2.24, 2.45) is 15.3 Å². The Labute approximate surface area is 130 Å². The van der Waals surface area contributed by atoms with Gasteiger partial charge in [-0.3, -0.25) is 5.43 Å². The number of nitrogens with one attached hydrogen (secondary N) is 1. The number of benzene rings is 1. The Morgan fingerprint density at radius 1 is 0.857 bits per heavy atom. The van der Waals surface area contributed by atoms with Crippen molar-refractivity contribution < 1.29 is 0 Å². The van der Waals surface area contributed by atoms with Gasteiger partial charge in [0.25, 0.3) is 0 Å². The number of anilines is 1. The number of azo groups is 1. The summed E-state index contributed by atoms with van der Waals surface area (Å²) in [5, 5.41) is 18.6. The lowest BCUT2D eigenvalue weighted by Crippen LogP contribution is -2.00. The molecule has 2 aromatic heterocycles. The predicted molar refractivity (Wildman–Crippen MR) is 89.8 cm³/mol. The molecule has 0 amide bonds. The van der Waals surface area contributed by atoms with E-state index in [0.29, 0.717) is 5.84 Å². The van der Waals surface area contributed by atoms with Crippen LogP contribution in [0, 0.1) is 0 Å². The van der Waals surface area contributed by atoms with Crippen LogP contribution in [-0.4, -0.2) is 5.84 Å². The number of nitrogens with zero attached hydrogens (tertiary/aromatic N) is 3. The van der Waals surface area contributed by atoms with Crippen molar-refractivity contribution in [1.82, 2.24) is 0 Å². The van der Waals surface area contributed by atoms with Gasteiger partial charge < -0.3 is 0 Å². The van der Waals surface area contributed by atoms with Crippen molar-refractivity contribution in [1.29, 1.82) is 0 Å². The third-order valence-electron chi connectivity index (χ3n) is 2.57. The van der Waals surface area contributed by atoms with Crippen LogP contribution in [0.2, 0.25) is 0 Å². The van der Waals surface area contributed by atoms with Gasteiger partial charge in [0.1, 0.15) is 10.0 Å². The third kappa shape index (κ3) is 3.84. The van der Waals surface area contributed by atoms with Gasteiger partial charge in [-0.05, 0) is 35.0 Å². The van der Waals surface area contributed by atoms with E-state index in [1.807, 2.05) is 65.4 Å². The zero-order chi connectivity index (χ0) is 14.3. The largest absolute Gasteiger partial charge is 0.266 e. The van der Waals surface area contributed by atoms with Gasteiger partial charge >= 0.3 is 0 Å². The van der Waals surface area contributed by atoms with E-state index >= 15 is 0 Å². The zero-order valence-corrected chi connectivity index (χ0v) is 12.6. The Kier molecular flexibility index (Phi) is 4.50. The molecule has 0 atom stereocenters. The first kappa shape index (κ1) is 13.7. The molecular weight excluding hydrogens is 300 g/mol. The van der Waals surface area contributed by atoms with Crippen molar-refractivity contribution in [3.63, 3.8) is 0 Å². The lowest BCUT2D eigenvalue weighted by molar-refractivity contribution is 1.24. The SMILES string of the molecule is c1ccc(C(N=Nc2cccs2)=NNc2cccs2)cc1. The second-order valence-corrected chi connectivity index (χ2v) is 5.92. The zero-order valence-electron chi connectivity index (χ0n) is 11.0. The lowest BCUT2D eigenvalue weighted by atomic mass is 10.2. The molecule has 1 N–H and O–H groups in total. The Morgan fingerprint density at radius 3 is 2.38 bits per heavy atom. The van der Waals surface area contributed by atoms with Crippen molar-refractivity contribution in [2.75, 3.05) is 5.43 Å². The van der Waals surface area contributed by atoms with Crippen LogP contribution in [0.4, 0.5) is 10.0 Å². The highest BCUT2D eigenvalue weighted by atomic mass is 32.1. The van der Waals surface area contributed by atoms with Crippen LogP contribution in [-0.2, 0) is 0 Å². The summed E-state index contributed by atoms with van der Waals surface area (Å²) in [7, 11) is 0. The quantitative estimate of drug-likeness (QED) is 0.299. The molecule has 0 aliphatic carbocycles. The maximum atomic E-state index is 4.36. The van der Waals surface area contributed by atoms with E-state index in [1.54, 1.807) is 22.7 Å². The van der Waals surface area contributed by atoms with Crippen LogP contribution in [0.5, 0.6) is 0 Å². The minimum atomic E-state index is 0.553. The summed E-state index contributed by atoms with van der Waals surface area (Å²) in [5.74, 6) is 0.553. The van der Waals surface area contributed by atoms with Crippen LogP contribution in [0.1, 0.15) is 5.56 Å². The first-order chi connectivity index (χ1) is 10.4. The number of amidine groups is 1. The highest BCUT2D eigenvalue weighted by Crippen LogP contribution is 2.20. The summed E-state index contributed by atoms with van der Waals surface area (Å²) in [6, 6.07) is 17.6. The Bertz CT molecular complexity index is 716. The standard InChI is InChI=1S/C15H12N4S2/c1-2-6-12(7-3-1)15(18-16-13-8-4-10-20-13)19-17-14-9-5-11-21-14/h1-11,16H. The second-order valence-electron chi connectivity index (χ2n) is 4.04. The topological polar surface area (TPSA) is 49.1 Å². The van der Waals surface area contributed by atoms with Gasteiger partial charge in [0.15, 0.2) is 0 Å². The monoisotopic (exact) mass is 312 g/mol. The minimum Gasteiger partial charge on any atom is -0.266 e. The predicted octanol–water partition coefficient (Wildman–Crippen LogP) is 5.37. The average molecular weight is 312 g/mol. The maximum Gasteiger partial charge on any atom is 0.201 e. The molecule has 0 spiro atoms. The van der Waals surface area contributed by atoms with Crippen LogP contribution in [0.25, 0.3) is 0 Å². The Hall–Kier alpha value is -2.31. The molecule has 104 valence electrons. The molecule has 3 rings (SSSR count). The van der Waals surface area contributed by atoms with Crippen molar-refractivity contribution in [3.05, 3.63) is 70.9 Å². The Balaban J connectivity index is 1.85. The molecule has 0 unspecified atom stereocenters. The molecular formula is C15H12N4S2. The van der Waals surface area contributed by atoms with Gasteiger partial charge in [-0.2, -0.15) is 5.10 Å². The lowest BCUT2D eigenvalue weighted by Gasteiger charge is -2.00. The van der Waals surface area contributed by atoms with Gasteiger partial charge in [0.2, 0.25) is 5.84 Å². The summed E-state index contributed by atoms with van der Waals surface area (Å²) in [5.41, 5.74) is 3.93. The van der Waals surface area contributed by atoms with Crippen molar-refractivity contribution in [3.8, 4) is 0 Å². The van der Waals surface area contributed by atoms with Gasteiger partial charge in [-0.1, -0.05) is 30.3 Å². The molecule has 0 saturated heterocycles. The summed E-state index contributed by atoms with van der Waals surface area (Å²) in [4.78, 5) is 0. The van der Waals surface area contributed by atoms with Gasteiger partial charge in [0, 0.05) is 5.56 Å². The first-order valence-electron chi connectivity index (χ1n) is 6.30. The van der Waals surface area contributed by atoms with E-state index in [2.05, 4.69) is 20.8 Å². The smallest absolute Gasteiger partial charge is 0.201 e. The number of hydrogen-bond donors (Lipinski definition) is 1. The highest BCUT2D eigenvalue weighted by Gasteiger charge is 2.02. The summed E-state index contributed by atoms with van der Waals surface area (Å²) >= 11 is 3.13. The molecule has 0 saturated carbocycles. The van der Waals surface area contributed by atoms with Crippen LogP contribution in [0.15, 0.2) is 80.7 Å². The summed E-state index contributed by atoms with van der Waals surface area (Å²) in [6.45, 7) is 0. The van der Waals surface area contributed by atoms with E-state index in [-0.39, 0.29) is 0 Å². The van der Waals surface area contributed by atoms with E-state index < -0.39 is 0 Å².